The van der Waals surface area contributed by atoms with Gasteiger partial charge in [0.25, 0.3) is 0 Å². The lowest BCUT2D eigenvalue weighted by molar-refractivity contribution is -0.162. The Hall–Kier alpha value is -10.0. The summed E-state index contributed by atoms with van der Waals surface area (Å²) in [5.74, 6) is -1.93. The minimum absolute atomic E-state index is 0.0416. The first-order valence-corrected chi connectivity index (χ1v) is 34.8. The third kappa shape index (κ3) is 18.4. The minimum atomic E-state index is -3.28. The van der Waals surface area contributed by atoms with Gasteiger partial charge in [0.15, 0.2) is 12.3 Å². The number of rotatable bonds is 22. The van der Waals surface area contributed by atoms with Crippen molar-refractivity contribution in [3.05, 3.63) is 174 Å². The number of aliphatic hydroxyl groups excluding tert-OH is 2. The molecule has 2 unspecified atom stereocenters. The molecule has 7 atom stereocenters. The Kier molecular flexibility index (Phi) is 23.3. The highest BCUT2D eigenvalue weighted by atomic mass is 19.3. The molecule has 0 bridgehead atoms. The molecule has 6 fully saturated rings. The number of hydrogen-bond acceptors (Lipinski definition) is 17. The molecule has 14 rings (SSSR count). The van der Waals surface area contributed by atoms with Crippen molar-refractivity contribution < 1.29 is 66.3 Å². The van der Waals surface area contributed by atoms with Crippen molar-refractivity contribution in [1.29, 1.82) is 0 Å². The highest BCUT2D eigenvalue weighted by Gasteiger charge is 2.49. The van der Waals surface area contributed by atoms with Gasteiger partial charge in [0, 0.05) is 129 Å². The first kappa shape index (κ1) is 72.7. The molecule has 6 aliphatic rings. The number of likely N-dealkylation sites (tertiary alicyclic amines) is 2. The number of aliphatic hydroxyl groups is 2. The Morgan fingerprint density at radius 2 is 1.11 bits per heavy atom. The molecule has 8 aromatic rings. The molecular formula is C76H86F3N13O11. The summed E-state index contributed by atoms with van der Waals surface area (Å²) < 4.78 is 69.1. The number of piperidine rings is 2. The van der Waals surface area contributed by atoms with Crippen molar-refractivity contribution in [2.45, 2.75) is 113 Å². The Balaban J connectivity index is 0.000000148. The number of amides is 5. The largest absolute Gasteiger partial charge is 0.490 e. The maximum atomic E-state index is 14.7. The van der Waals surface area contributed by atoms with Gasteiger partial charge in [-0.25, -0.2) is 18.2 Å². The lowest BCUT2D eigenvalue weighted by Gasteiger charge is -2.38. The number of halogens is 3. The van der Waals surface area contributed by atoms with Crippen LogP contribution in [0.2, 0.25) is 0 Å². The Labute approximate surface area is 593 Å². The van der Waals surface area contributed by atoms with Gasteiger partial charge in [0.1, 0.15) is 54.8 Å². The highest BCUT2D eigenvalue weighted by Crippen LogP contribution is 2.49. The molecule has 3 aliphatic carbocycles. The predicted molar refractivity (Wildman–Crippen MR) is 379 cm³/mol. The van der Waals surface area contributed by atoms with Crippen LogP contribution in [0, 0.1) is 17.8 Å². The smallest absolute Gasteiger partial charge is 0.301 e. The minimum Gasteiger partial charge on any atom is -0.490 e. The van der Waals surface area contributed by atoms with E-state index in [-0.39, 0.29) is 91.8 Å². The summed E-state index contributed by atoms with van der Waals surface area (Å²) in [6.07, 6.45) is 7.45. The molecule has 12 N–H and O–H groups in total. The van der Waals surface area contributed by atoms with Gasteiger partial charge in [-0.05, 0) is 143 Å². The SMILES string of the molecule is Cn1cc([C@@H]2C[C@H]2C(=O)Nc2cccc(-c3ccc(O[C@H]4CCN(C(=O)CO)CC4(F)F)c(CN)c3)c2)cn1.NCc1cc(-c2cccc(NC(=O)C3CC3)c2)ccc1OC1CCOCC1.NCc1cc(-c2cccc(NC(=O)C3CC3c3ncn[nH]3)c2)ccc1O[C@H]1CCN(C(=O)CO)C[C@H]1F. The van der Waals surface area contributed by atoms with Gasteiger partial charge < -0.3 is 72.1 Å². The number of nitrogens with two attached hydrogens (primary N) is 3. The summed E-state index contributed by atoms with van der Waals surface area (Å²) >= 11 is 0. The summed E-state index contributed by atoms with van der Waals surface area (Å²) in [6.45, 7) is 0.215. The zero-order chi connectivity index (χ0) is 72.3. The van der Waals surface area contributed by atoms with E-state index in [2.05, 4.69) is 48.4 Å². The molecule has 0 radical (unpaired) electrons. The zero-order valence-electron chi connectivity index (χ0n) is 57.1. The summed E-state index contributed by atoms with van der Waals surface area (Å²) in [4.78, 5) is 67.2. The standard InChI is InChI=1S/C28H31F2N5O4.C26H29FN6O4.C22H26N2O3/c1-34-14-20(13-32-34)22-11-23(22)27(38)33-21-4-2-3-17(10-21)18-5-6-24(19(9-18)12-31)39-25-7-8-35(26(37)15-36)16-28(25,29)30;27-21-12-33(24(35)13-34)7-6-23(21)37-22-5-4-16(8-17(22)11-28)15-2-1-3-18(9-15)31-26(36)20-10-19(20)25-29-14-30-32-25;23-14-18-12-17(6-7-21(18)27-20-8-10-26-11-9-20)16-2-1-3-19(13-16)24-22(25)15-4-5-15/h2-6,9-10,13-14,22-23,25,36H,7-8,11-12,15-16,31H2,1H3,(H,33,38);1-5,8-9,14,19-21,23,34H,6-7,10-13,28H2,(H,31,36)(H,29,30,32);1-3,6-7,12-13,15,20H,4-5,8-11,14,23H2,(H,24,25)/t22-,23+,25-;19?,20?,21-,23+;/m01./s1. The van der Waals surface area contributed by atoms with Crippen molar-refractivity contribution in [2.75, 3.05) is 68.6 Å². The number of hydrogen-bond donors (Lipinski definition) is 9. The molecule has 103 heavy (non-hydrogen) atoms. The number of aromatic nitrogens is 5. The molecule has 3 saturated heterocycles. The highest BCUT2D eigenvalue weighted by molar-refractivity contribution is 5.97. The summed E-state index contributed by atoms with van der Waals surface area (Å²) in [6, 6.07) is 39.7. The number of alkyl halides is 3. The number of carbonyl (C=O) groups excluding carboxylic acids is 5. The van der Waals surface area contributed by atoms with Crippen LogP contribution in [0.3, 0.4) is 0 Å². The third-order valence-corrected chi connectivity index (χ3v) is 19.4. The van der Waals surface area contributed by atoms with Gasteiger partial charge in [-0.3, -0.25) is 33.8 Å². The fourth-order valence-electron chi connectivity index (χ4n) is 13.2. The molecule has 3 saturated carbocycles. The second-order valence-corrected chi connectivity index (χ2v) is 26.8. The van der Waals surface area contributed by atoms with Crippen LogP contribution in [0.5, 0.6) is 17.2 Å². The van der Waals surface area contributed by atoms with Crippen LogP contribution >= 0.6 is 0 Å². The molecule has 0 spiro atoms. The van der Waals surface area contributed by atoms with Gasteiger partial charge in [-0.1, -0.05) is 54.6 Å². The molecule has 2 aromatic heterocycles. The second kappa shape index (κ2) is 33.0. The lowest BCUT2D eigenvalue weighted by atomic mass is 10.0. The fraction of sp³-hybridized carbons (Fsp3) is 0.395. The molecule has 24 nitrogen and oxygen atoms in total. The second-order valence-electron chi connectivity index (χ2n) is 26.8. The molecule has 27 heteroatoms. The first-order valence-electron chi connectivity index (χ1n) is 34.8. The number of aromatic amines is 1. The van der Waals surface area contributed by atoms with Gasteiger partial charge in [-0.15, -0.1) is 0 Å². The van der Waals surface area contributed by atoms with Crippen LogP contribution in [0.4, 0.5) is 30.2 Å². The predicted octanol–water partition coefficient (Wildman–Crippen LogP) is 8.60. The van der Waals surface area contributed by atoms with E-state index in [1.165, 1.54) is 11.2 Å². The van der Waals surface area contributed by atoms with Gasteiger partial charge in [-0.2, -0.15) is 10.2 Å². The van der Waals surface area contributed by atoms with Gasteiger partial charge in [0.2, 0.25) is 29.5 Å². The topological polar surface area (TPSA) is 343 Å². The third-order valence-electron chi connectivity index (χ3n) is 19.4. The molecule has 5 heterocycles. The van der Waals surface area contributed by atoms with Crippen LogP contribution in [0.1, 0.15) is 91.3 Å². The molecule has 6 aromatic carbocycles. The number of ether oxygens (including phenoxy) is 4. The number of anilines is 3. The molecule has 3 aliphatic heterocycles. The van der Waals surface area contributed by atoms with E-state index >= 15 is 0 Å². The van der Waals surface area contributed by atoms with E-state index in [0.29, 0.717) is 42.2 Å². The Bertz CT molecular complexity index is 4300. The quantitative estimate of drug-likeness (QED) is 0.0306. The van der Waals surface area contributed by atoms with Gasteiger partial charge >= 0.3 is 5.92 Å². The van der Waals surface area contributed by atoms with Gasteiger partial charge in [0.05, 0.1) is 32.5 Å². The monoisotopic (exact) mass is 1410 g/mol. The van der Waals surface area contributed by atoms with Crippen LogP contribution in [-0.2, 0) is 55.4 Å². The number of carbonyl (C=O) groups is 5. The first-order chi connectivity index (χ1) is 49.9. The van der Waals surface area contributed by atoms with E-state index in [0.717, 1.165) is 124 Å². The number of nitrogens with one attached hydrogen (secondary N) is 4. The summed E-state index contributed by atoms with van der Waals surface area (Å²) in [7, 11) is 1.85. The van der Waals surface area contributed by atoms with Crippen LogP contribution in [0.15, 0.2) is 146 Å². The Morgan fingerprint density at radius 1 is 0.612 bits per heavy atom. The van der Waals surface area contributed by atoms with Crippen molar-refractivity contribution in [2.24, 2.45) is 42.0 Å². The Morgan fingerprint density at radius 3 is 1.59 bits per heavy atom. The van der Waals surface area contributed by atoms with Crippen LogP contribution in [0.25, 0.3) is 33.4 Å². The van der Waals surface area contributed by atoms with Crippen molar-refractivity contribution in [3.8, 4) is 50.6 Å². The lowest BCUT2D eigenvalue weighted by Crippen LogP contribution is -2.55. The van der Waals surface area contributed by atoms with E-state index in [1.807, 2.05) is 104 Å². The van der Waals surface area contributed by atoms with E-state index in [4.69, 9.17) is 46.4 Å². The average Bonchev–Trinajstić information content (AvgIpc) is 1.71. The van der Waals surface area contributed by atoms with E-state index in [1.54, 1.807) is 35.1 Å². The fourth-order valence-corrected chi connectivity index (χ4v) is 13.2. The van der Waals surface area contributed by atoms with Crippen molar-refractivity contribution in [1.82, 2.24) is 34.8 Å². The maximum absolute atomic E-state index is 14.7. The van der Waals surface area contributed by atoms with E-state index < -0.39 is 55.9 Å². The number of H-pyrrole nitrogens is 1. The summed E-state index contributed by atoms with van der Waals surface area (Å²) in [5.41, 5.74) is 28.9. The number of aryl methyl sites for hydroxylation is 1. The molecule has 542 valence electrons. The maximum Gasteiger partial charge on any atom is 0.301 e. The van der Waals surface area contributed by atoms with Crippen molar-refractivity contribution >= 4 is 46.6 Å². The zero-order valence-corrected chi connectivity index (χ0v) is 57.1. The summed E-state index contributed by atoms with van der Waals surface area (Å²) in [5, 5.41) is 37.8. The average molecular weight is 1410 g/mol. The number of nitrogens with zero attached hydrogens (tertiary/aromatic N) is 6. The number of benzene rings is 6. The van der Waals surface area contributed by atoms with Crippen molar-refractivity contribution in [3.63, 3.8) is 0 Å². The molecule has 5 amide bonds. The van der Waals surface area contributed by atoms with Crippen LogP contribution in [-0.4, -0.2) is 158 Å². The molecular weight excluding hydrogens is 1330 g/mol. The normalized spacial score (nSPS) is 21.1. The van der Waals surface area contributed by atoms with E-state index in [9.17, 15) is 37.1 Å². The van der Waals surface area contributed by atoms with Crippen LogP contribution < -0.4 is 47.4 Å².